The van der Waals surface area contributed by atoms with Crippen LogP contribution < -0.4 is 0 Å². The molecule has 0 aliphatic rings. The van der Waals surface area contributed by atoms with Crippen LogP contribution in [0.1, 0.15) is 25.4 Å². The molecule has 0 saturated carbocycles. The molecule has 23 heavy (non-hydrogen) atoms. The van der Waals surface area contributed by atoms with Crippen LogP contribution in [0.2, 0.25) is 0 Å². The molecule has 0 aliphatic heterocycles. The summed E-state index contributed by atoms with van der Waals surface area (Å²) in [5.74, 6) is 0.811. The number of hydrogen-bond acceptors (Lipinski definition) is 4. The Labute approximate surface area is 134 Å². The first-order valence-electron chi connectivity index (χ1n) is 7.40. The summed E-state index contributed by atoms with van der Waals surface area (Å²) < 4.78 is 1.73. The van der Waals surface area contributed by atoms with Crippen molar-refractivity contribution in [3.63, 3.8) is 0 Å². The molecular formula is C18H18N4O. The normalized spacial score (nSPS) is 10.9. The molecular weight excluding hydrogens is 288 g/mol. The number of Topliss-reactive ketones (excluding diaryl/α,β-unsaturated/α-hetero) is 1. The van der Waals surface area contributed by atoms with Gasteiger partial charge in [0.05, 0.1) is 17.8 Å². The van der Waals surface area contributed by atoms with E-state index in [4.69, 9.17) is 0 Å². The molecule has 0 bridgehead atoms. The molecule has 2 heterocycles. The van der Waals surface area contributed by atoms with E-state index in [-0.39, 0.29) is 12.3 Å². The standard InChI is InChI=1S/C18H18N4O/c1-11(2)18-16-7-14(15-8-19-13(4)20-9-15)5-6-17(16)22(21-18)10-12(3)23/h5-9H,1,10H2,2-4H3. The zero-order valence-electron chi connectivity index (χ0n) is 13.5. The number of aryl methyl sites for hydroxylation is 1. The monoisotopic (exact) mass is 306 g/mol. The van der Waals surface area contributed by atoms with E-state index in [1.54, 1.807) is 11.6 Å². The van der Waals surface area contributed by atoms with Crippen LogP contribution in [0.3, 0.4) is 0 Å². The van der Waals surface area contributed by atoms with Crippen molar-refractivity contribution >= 4 is 22.3 Å². The summed E-state index contributed by atoms with van der Waals surface area (Å²) in [6, 6.07) is 6.03. The highest BCUT2D eigenvalue weighted by Crippen LogP contribution is 2.28. The Morgan fingerprint density at radius 2 is 1.87 bits per heavy atom. The SMILES string of the molecule is C=C(C)c1nn(CC(C)=O)c2ccc(-c3cnc(C)nc3)cc12. The molecule has 3 rings (SSSR count). The van der Waals surface area contributed by atoms with Crippen molar-refractivity contribution in [2.45, 2.75) is 27.3 Å². The summed E-state index contributed by atoms with van der Waals surface area (Å²) in [6.45, 7) is 9.60. The number of benzene rings is 1. The van der Waals surface area contributed by atoms with E-state index in [1.807, 2.05) is 38.4 Å². The fraction of sp³-hybridized carbons (Fsp3) is 0.222. The fourth-order valence-electron chi connectivity index (χ4n) is 2.55. The first kappa shape index (κ1) is 15.1. The molecule has 5 nitrogen and oxygen atoms in total. The lowest BCUT2D eigenvalue weighted by molar-refractivity contribution is -0.117. The highest BCUT2D eigenvalue weighted by Gasteiger charge is 2.13. The maximum Gasteiger partial charge on any atom is 0.151 e. The van der Waals surface area contributed by atoms with E-state index in [2.05, 4.69) is 27.7 Å². The van der Waals surface area contributed by atoms with Crippen LogP contribution >= 0.6 is 0 Å². The predicted molar refractivity (Wildman–Crippen MR) is 90.9 cm³/mol. The highest BCUT2D eigenvalue weighted by atomic mass is 16.1. The molecule has 0 unspecified atom stereocenters. The van der Waals surface area contributed by atoms with Gasteiger partial charge in [-0.1, -0.05) is 12.6 Å². The number of fused-ring (bicyclic) bond motifs is 1. The Bertz CT molecular complexity index is 907. The number of ketones is 1. The Kier molecular flexibility index (Phi) is 3.78. The topological polar surface area (TPSA) is 60.7 Å². The summed E-state index contributed by atoms with van der Waals surface area (Å²) in [6.07, 6.45) is 3.62. The van der Waals surface area contributed by atoms with Gasteiger partial charge in [0.1, 0.15) is 5.82 Å². The van der Waals surface area contributed by atoms with Crippen LogP contribution in [0.5, 0.6) is 0 Å². The molecule has 0 spiro atoms. The van der Waals surface area contributed by atoms with Crippen molar-refractivity contribution in [1.82, 2.24) is 19.7 Å². The number of hydrogen-bond donors (Lipinski definition) is 0. The lowest BCUT2D eigenvalue weighted by atomic mass is 10.0. The molecule has 2 aromatic heterocycles. The smallest absolute Gasteiger partial charge is 0.151 e. The number of carbonyl (C=O) groups excluding carboxylic acids is 1. The van der Waals surface area contributed by atoms with Gasteiger partial charge in [-0.25, -0.2) is 9.97 Å². The van der Waals surface area contributed by atoms with Crippen LogP contribution in [0.25, 0.3) is 27.6 Å². The third-order valence-electron chi connectivity index (χ3n) is 3.64. The Balaban J connectivity index is 2.18. The van der Waals surface area contributed by atoms with Crippen molar-refractivity contribution in [3.05, 3.63) is 48.7 Å². The van der Waals surface area contributed by atoms with Crippen molar-refractivity contribution in [1.29, 1.82) is 0 Å². The van der Waals surface area contributed by atoms with Gasteiger partial charge in [-0.2, -0.15) is 5.10 Å². The largest absolute Gasteiger partial charge is 0.298 e. The average Bonchev–Trinajstić information content (AvgIpc) is 2.85. The first-order valence-corrected chi connectivity index (χ1v) is 7.40. The average molecular weight is 306 g/mol. The molecule has 0 radical (unpaired) electrons. The van der Waals surface area contributed by atoms with Crippen LogP contribution in [-0.2, 0) is 11.3 Å². The molecule has 0 amide bonds. The zero-order valence-corrected chi connectivity index (χ0v) is 13.5. The van der Waals surface area contributed by atoms with Gasteiger partial charge in [0.25, 0.3) is 0 Å². The Morgan fingerprint density at radius 3 is 2.48 bits per heavy atom. The van der Waals surface area contributed by atoms with Gasteiger partial charge in [0.2, 0.25) is 0 Å². The lowest BCUT2D eigenvalue weighted by Gasteiger charge is -2.03. The van der Waals surface area contributed by atoms with Gasteiger partial charge < -0.3 is 0 Å². The summed E-state index contributed by atoms with van der Waals surface area (Å²) in [4.78, 5) is 19.9. The van der Waals surface area contributed by atoms with E-state index in [9.17, 15) is 4.79 Å². The number of allylic oxidation sites excluding steroid dienone is 1. The van der Waals surface area contributed by atoms with Gasteiger partial charge in [-0.3, -0.25) is 9.48 Å². The number of rotatable bonds is 4. The second-order valence-electron chi connectivity index (χ2n) is 5.74. The molecule has 0 N–H and O–H groups in total. The van der Waals surface area contributed by atoms with Crippen molar-refractivity contribution in [2.24, 2.45) is 0 Å². The van der Waals surface area contributed by atoms with Crippen molar-refractivity contribution in [2.75, 3.05) is 0 Å². The minimum absolute atomic E-state index is 0.0682. The van der Waals surface area contributed by atoms with E-state index in [0.29, 0.717) is 0 Å². The number of nitrogens with zero attached hydrogens (tertiary/aromatic N) is 4. The van der Waals surface area contributed by atoms with Crippen molar-refractivity contribution < 1.29 is 4.79 Å². The fourth-order valence-corrected chi connectivity index (χ4v) is 2.55. The minimum atomic E-state index is 0.0682. The van der Waals surface area contributed by atoms with E-state index in [1.165, 1.54) is 0 Å². The van der Waals surface area contributed by atoms with E-state index < -0.39 is 0 Å². The second-order valence-corrected chi connectivity index (χ2v) is 5.74. The van der Waals surface area contributed by atoms with Crippen LogP contribution in [0, 0.1) is 6.92 Å². The third kappa shape index (κ3) is 2.90. The molecule has 0 fully saturated rings. The van der Waals surface area contributed by atoms with Gasteiger partial charge in [0.15, 0.2) is 5.78 Å². The molecule has 116 valence electrons. The van der Waals surface area contributed by atoms with Crippen LogP contribution in [0.15, 0.2) is 37.2 Å². The van der Waals surface area contributed by atoms with E-state index in [0.717, 1.165) is 39.1 Å². The molecule has 0 atom stereocenters. The predicted octanol–water partition coefficient (Wildman–Crippen LogP) is 3.42. The number of aromatic nitrogens is 4. The van der Waals surface area contributed by atoms with Gasteiger partial charge in [-0.15, -0.1) is 0 Å². The molecule has 1 aromatic carbocycles. The summed E-state index contributed by atoms with van der Waals surface area (Å²) in [7, 11) is 0. The second kappa shape index (κ2) is 5.76. The van der Waals surface area contributed by atoms with Crippen LogP contribution in [0.4, 0.5) is 0 Å². The Morgan fingerprint density at radius 1 is 1.17 bits per heavy atom. The Hall–Kier alpha value is -2.82. The number of carbonyl (C=O) groups is 1. The quantitative estimate of drug-likeness (QED) is 0.741. The maximum absolute atomic E-state index is 11.5. The molecule has 3 aromatic rings. The summed E-state index contributed by atoms with van der Waals surface area (Å²) in [5, 5.41) is 5.53. The van der Waals surface area contributed by atoms with Gasteiger partial charge in [-0.05, 0) is 44.0 Å². The first-order chi connectivity index (χ1) is 11.0. The molecule has 0 saturated heterocycles. The van der Waals surface area contributed by atoms with Crippen LogP contribution in [-0.4, -0.2) is 25.5 Å². The zero-order chi connectivity index (χ0) is 16.6. The van der Waals surface area contributed by atoms with Gasteiger partial charge in [0, 0.05) is 23.3 Å². The van der Waals surface area contributed by atoms with E-state index >= 15 is 0 Å². The lowest BCUT2D eigenvalue weighted by Crippen LogP contribution is -2.07. The highest BCUT2D eigenvalue weighted by molar-refractivity contribution is 5.93. The minimum Gasteiger partial charge on any atom is -0.298 e. The van der Waals surface area contributed by atoms with Crippen molar-refractivity contribution in [3.8, 4) is 11.1 Å². The maximum atomic E-state index is 11.5. The summed E-state index contributed by atoms with van der Waals surface area (Å²) in [5.41, 5.74) is 4.58. The third-order valence-corrected chi connectivity index (χ3v) is 3.64. The molecule has 5 heteroatoms. The van der Waals surface area contributed by atoms with Gasteiger partial charge >= 0.3 is 0 Å². The summed E-state index contributed by atoms with van der Waals surface area (Å²) >= 11 is 0. The molecule has 0 aliphatic carbocycles.